The normalized spacial score (nSPS) is 18.5. The van der Waals surface area contributed by atoms with Gasteiger partial charge in [-0.1, -0.05) is 243 Å². The van der Waals surface area contributed by atoms with Crippen LogP contribution in [0.1, 0.15) is 278 Å². The third kappa shape index (κ3) is 39.9. The molecule has 424 valence electrons. The second kappa shape index (κ2) is 49.8. The first-order valence-electron chi connectivity index (χ1n) is 30.0. The lowest BCUT2D eigenvalue weighted by atomic mass is 9.98. The Hall–Kier alpha value is -3.06. The third-order valence-corrected chi connectivity index (χ3v) is 13.7. The van der Waals surface area contributed by atoms with E-state index < -0.39 is 67.3 Å². The van der Waals surface area contributed by atoms with Gasteiger partial charge in [-0.05, 0) is 51.4 Å². The fraction of sp³-hybridized carbons (Fsp3) is 0.836. The summed E-state index contributed by atoms with van der Waals surface area (Å²) in [7, 11) is 0. The molecule has 1 aliphatic rings. The minimum atomic E-state index is -1.90. The van der Waals surface area contributed by atoms with Crippen LogP contribution in [0, 0.1) is 0 Å². The number of carboxylic acids is 1. The van der Waals surface area contributed by atoms with Crippen LogP contribution < -0.4 is 0 Å². The van der Waals surface area contributed by atoms with Crippen LogP contribution in [0.5, 0.6) is 0 Å². The lowest BCUT2D eigenvalue weighted by molar-refractivity contribution is -0.301. The SMILES string of the molecule is CC/C=C\C/C=C\C/C=C\CCCCCCCCCC(=O)OCC(COC1OC(C(=O)O)C(O)C(O)C1OC(=O)CCCCCCCCCCCCCCCCCCC)OC(=O)CCCCCCCCCCC. The van der Waals surface area contributed by atoms with Crippen molar-refractivity contribution >= 4 is 23.9 Å². The minimum Gasteiger partial charge on any atom is -0.479 e. The van der Waals surface area contributed by atoms with Crippen molar-refractivity contribution in [1.82, 2.24) is 0 Å². The van der Waals surface area contributed by atoms with E-state index in [0.29, 0.717) is 19.3 Å². The van der Waals surface area contributed by atoms with Crippen molar-refractivity contribution in [3.63, 3.8) is 0 Å². The number of aliphatic hydroxyl groups excluding tert-OH is 2. The number of rotatable bonds is 51. The number of ether oxygens (including phenoxy) is 5. The predicted octanol–water partition coefficient (Wildman–Crippen LogP) is 15.2. The molecule has 0 amide bonds. The number of allylic oxidation sites excluding steroid dienone is 6. The van der Waals surface area contributed by atoms with Crippen molar-refractivity contribution in [2.24, 2.45) is 0 Å². The van der Waals surface area contributed by atoms with E-state index in [1.54, 1.807) is 0 Å². The number of aliphatic hydroxyl groups is 2. The van der Waals surface area contributed by atoms with Crippen LogP contribution in [0.4, 0.5) is 0 Å². The largest absolute Gasteiger partial charge is 0.479 e. The average molecular weight is 1030 g/mol. The molecule has 0 aromatic heterocycles. The van der Waals surface area contributed by atoms with Gasteiger partial charge in [-0.3, -0.25) is 14.4 Å². The van der Waals surface area contributed by atoms with Crippen LogP contribution in [-0.4, -0.2) is 89.2 Å². The van der Waals surface area contributed by atoms with Crippen LogP contribution in [0.15, 0.2) is 36.5 Å². The Bertz CT molecular complexity index is 1410. The molecule has 0 bridgehead atoms. The molecule has 6 atom stereocenters. The van der Waals surface area contributed by atoms with Crippen LogP contribution in [-0.2, 0) is 42.9 Å². The van der Waals surface area contributed by atoms with E-state index in [2.05, 4.69) is 57.2 Å². The van der Waals surface area contributed by atoms with Crippen molar-refractivity contribution in [2.75, 3.05) is 13.2 Å². The Morgan fingerprint density at radius 2 is 0.863 bits per heavy atom. The summed E-state index contributed by atoms with van der Waals surface area (Å²) >= 11 is 0. The van der Waals surface area contributed by atoms with Gasteiger partial charge in [0.15, 0.2) is 24.6 Å². The third-order valence-electron chi connectivity index (χ3n) is 13.7. The maximum Gasteiger partial charge on any atom is 0.335 e. The second-order valence-corrected chi connectivity index (χ2v) is 20.6. The highest BCUT2D eigenvalue weighted by molar-refractivity contribution is 5.74. The first-order chi connectivity index (χ1) is 35.6. The summed E-state index contributed by atoms with van der Waals surface area (Å²) in [4.78, 5) is 51.0. The molecule has 1 rings (SSSR count). The fourth-order valence-electron chi connectivity index (χ4n) is 9.15. The highest BCUT2D eigenvalue weighted by atomic mass is 16.7. The van der Waals surface area contributed by atoms with Gasteiger partial charge >= 0.3 is 23.9 Å². The molecule has 0 radical (unpaired) electrons. The minimum absolute atomic E-state index is 0.0658. The van der Waals surface area contributed by atoms with E-state index in [4.69, 9.17) is 23.7 Å². The van der Waals surface area contributed by atoms with E-state index >= 15 is 0 Å². The summed E-state index contributed by atoms with van der Waals surface area (Å²) in [6, 6.07) is 0. The molecule has 0 aromatic carbocycles. The van der Waals surface area contributed by atoms with Crippen LogP contribution in [0.25, 0.3) is 0 Å². The number of esters is 3. The maximum atomic E-state index is 13.1. The van der Waals surface area contributed by atoms with Gasteiger partial charge in [0, 0.05) is 19.3 Å². The Morgan fingerprint density at radius 3 is 1.32 bits per heavy atom. The molecular formula is C61H108O12. The smallest absolute Gasteiger partial charge is 0.335 e. The zero-order chi connectivity index (χ0) is 53.3. The molecule has 6 unspecified atom stereocenters. The Morgan fingerprint density at radius 1 is 0.466 bits per heavy atom. The number of aliphatic carboxylic acids is 1. The van der Waals surface area contributed by atoms with Gasteiger partial charge in [-0.2, -0.15) is 0 Å². The van der Waals surface area contributed by atoms with E-state index in [1.807, 2.05) is 0 Å². The van der Waals surface area contributed by atoms with Gasteiger partial charge in [0.05, 0.1) is 6.61 Å². The summed E-state index contributed by atoms with van der Waals surface area (Å²) in [6.45, 7) is 5.87. The van der Waals surface area contributed by atoms with E-state index in [0.717, 1.165) is 89.9 Å². The lowest BCUT2D eigenvalue weighted by Crippen LogP contribution is -2.61. The van der Waals surface area contributed by atoms with Gasteiger partial charge in [-0.15, -0.1) is 0 Å². The van der Waals surface area contributed by atoms with Crippen LogP contribution in [0.2, 0.25) is 0 Å². The zero-order valence-electron chi connectivity index (χ0n) is 46.6. The number of carbonyl (C=O) groups excluding carboxylic acids is 3. The van der Waals surface area contributed by atoms with Crippen LogP contribution >= 0.6 is 0 Å². The van der Waals surface area contributed by atoms with Gasteiger partial charge in [0.2, 0.25) is 0 Å². The standard InChI is InChI=1S/C61H108O12/c1-4-7-10-13-16-19-21-23-25-27-29-31-33-36-38-41-44-47-53(62)69-50-52(71-54(63)48-45-42-39-35-18-15-12-9-6-3)51-70-61-59(57(66)56(65)58(73-61)60(67)68)72-55(64)49-46-43-40-37-34-32-30-28-26-24-22-20-17-14-11-8-5-2/h7,10,16,19,23,25,52,56-59,61,65-66H,4-6,8-9,11-15,17-18,20-22,24,26-51H2,1-3H3,(H,67,68)/b10-7-,19-16-,25-23-. The second-order valence-electron chi connectivity index (χ2n) is 20.6. The average Bonchev–Trinajstić information content (AvgIpc) is 3.37. The van der Waals surface area contributed by atoms with Crippen molar-refractivity contribution in [3.05, 3.63) is 36.5 Å². The molecule has 3 N–H and O–H groups in total. The molecule has 12 nitrogen and oxygen atoms in total. The van der Waals surface area contributed by atoms with Crippen molar-refractivity contribution in [2.45, 2.75) is 314 Å². The maximum absolute atomic E-state index is 13.1. The molecule has 0 spiro atoms. The van der Waals surface area contributed by atoms with E-state index in [-0.39, 0.29) is 25.9 Å². The Kier molecular flexibility index (Phi) is 46.4. The number of carbonyl (C=O) groups is 4. The number of hydrogen-bond donors (Lipinski definition) is 3. The first kappa shape index (κ1) is 68.0. The highest BCUT2D eigenvalue weighted by Crippen LogP contribution is 2.27. The molecular weight excluding hydrogens is 925 g/mol. The molecule has 1 heterocycles. The van der Waals surface area contributed by atoms with Gasteiger partial charge in [0.1, 0.15) is 18.8 Å². The first-order valence-corrected chi connectivity index (χ1v) is 30.0. The lowest BCUT2D eigenvalue weighted by Gasteiger charge is -2.40. The molecule has 0 aliphatic carbocycles. The molecule has 0 saturated carbocycles. The topological polar surface area (TPSA) is 175 Å². The van der Waals surface area contributed by atoms with E-state index in [1.165, 1.54) is 128 Å². The van der Waals surface area contributed by atoms with E-state index in [9.17, 15) is 34.5 Å². The molecule has 1 aliphatic heterocycles. The molecule has 12 heteroatoms. The van der Waals surface area contributed by atoms with Crippen molar-refractivity contribution in [3.8, 4) is 0 Å². The summed E-state index contributed by atoms with van der Waals surface area (Å²) in [5.41, 5.74) is 0. The number of unbranched alkanes of at least 4 members (excludes halogenated alkanes) is 31. The Balaban J connectivity index is 2.62. The van der Waals surface area contributed by atoms with Crippen LogP contribution in [0.3, 0.4) is 0 Å². The summed E-state index contributed by atoms with van der Waals surface area (Å²) in [5, 5.41) is 31.5. The quantitative estimate of drug-likeness (QED) is 0.0228. The zero-order valence-corrected chi connectivity index (χ0v) is 46.6. The number of carboxylic acid groups (broad SMARTS) is 1. The van der Waals surface area contributed by atoms with Gasteiger partial charge in [-0.25, -0.2) is 4.79 Å². The van der Waals surface area contributed by atoms with Gasteiger partial charge in [0.25, 0.3) is 0 Å². The van der Waals surface area contributed by atoms with Crippen molar-refractivity contribution in [1.29, 1.82) is 0 Å². The fourth-order valence-corrected chi connectivity index (χ4v) is 9.15. The molecule has 73 heavy (non-hydrogen) atoms. The molecule has 1 saturated heterocycles. The summed E-state index contributed by atoms with van der Waals surface area (Å²) in [6.07, 6.45) is 45.5. The highest BCUT2D eigenvalue weighted by Gasteiger charge is 2.50. The monoisotopic (exact) mass is 1030 g/mol. The molecule has 1 fully saturated rings. The van der Waals surface area contributed by atoms with Gasteiger partial charge < -0.3 is 39.0 Å². The number of hydrogen-bond acceptors (Lipinski definition) is 11. The summed E-state index contributed by atoms with van der Waals surface area (Å²) < 4.78 is 28.4. The summed E-state index contributed by atoms with van der Waals surface area (Å²) in [5.74, 6) is -3.11. The molecule has 0 aromatic rings. The predicted molar refractivity (Wildman–Crippen MR) is 294 cm³/mol. The Labute approximate surface area is 444 Å². The van der Waals surface area contributed by atoms with Crippen molar-refractivity contribution < 1.29 is 58.2 Å².